The van der Waals surface area contributed by atoms with Gasteiger partial charge in [-0.3, -0.25) is 4.68 Å². The number of hydrogen-bond donors (Lipinski definition) is 0. The van der Waals surface area contributed by atoms with Crippen LogP contribution in [-0.2, 0) is 0 Å². The molecule has 0 N–H and O–H groups in total. The van der Waals surface area contributed by atoms with Crippen molar-refractivity contribution in [1.29, 1.82) is 0 Å². The van der Waals surface area contributed by atoms with Crippen molar-refractivity contribution in [2.45, 2.75) is 45.1 Å². The maximum absolute atomic E-state index is 5.99. The summed E-state index contributed by atoms with van der Waals surface area (Å²) in [5.74, 6) is 0. The fourth-order valence-electron chi connectivity index (χ4n) is 2.76. The van der Waals surface area contributed by atoms with E-state index in [1.165, 1.54) is 32.1 Å². The molecule has 0 atom stereocenters. The minimum atomic E-state index is 0.540. The zero-order chi connectivity index (χ0) is 11.8. The van der Waals surface area contributed by atoms with Crippen LogP contribution in [-0.4, -0.2) is 14.8 Å². The van der Waals surface area contributed by atoms with Gasteiger partial charge in [0.1, 0.15) is 5.15 Å². The molecule has 0 spiro atoms. The van der Waals surface area contributed by atoms with Gasteiger partial charge in [-0.05, 0) is 19.8 Å². The topological polar surface area (TPSA) is 30.7 Å². The molecule has 0 unspecified atom stereocenters. The van der Waals surface area contributed by atoms with E-state index >= 15 is 0 Å². The smallest absolute Gasteiger partial charge is 0.131 e. The number of halogens is 1. The average molecular weight is 250 g/mol. The summed E-state index contributed by atoms with van der Waals surface area (Å²) in [6.07, 6.45) is 8.27. The Kier molecular flexibility index (Phi) is 2.79. The predicted molar refractivity (Wildman–Crippen MR) is 69.4 cm³/mol. The van der Waals surface area contributed by atoms with Crippen molar-refractivity contribution >= 4 is 22.5 Å². The lowest BCUT2D eigenvalue weighted by Crippen LogP contribution is -2.14. The molecule has 1 fully saturated rings. The molecule has 4 heteroatoms. The highest BCUT2D eigenvalue weighted by Gasteiger charge is 2.19. The van der Waals surface area contributed by atoms with Crippen molar-refractivity contribution < 1.29 is 0 Å². The minimum absolute atomic E-state index is 0.540. The van der Waals surface area contributed by atoms with Crippen molar-refractivity contribution in [3.63, 3.8) is 0 Å². The van der Waals surface area contributed by atoms with E-state index in [1.54, 1.807) is 0 Å². The molecule has 90 valence electrons. The molecule has 2 aromatic rings. The van der Waals surface area contributed by atoms with Crippen LogP contribution in [0.5, 0.6) is 0 Å². The van der Waals surface area contributed by atoms with E-state index in [9.17, 15) is 0 Å². The highest BCUT2D eigenvalue weighted by Crippen LogP contribution is 2.31. The van der Waals surface area contributed by atoms with E-state index in [-0.39, 0.29) is 0 Å². The Morgan fingerprint density at radius 1 is 1.29 bits per heavy atom. The molecule has 3 rings (SSSR count). The molecule has 2 aromatic heterocycles. The normalized spacial score (nSPS) is 17.8. The Bertz CT molecular complexity index is 541. The summed E-state index contributed by atoms with van der Waals surface area (Å²) in [7, 11) is 0. The number of fused-ring (bicyclic) bond motifs is 1. The van der Waals surface area contributed by atoms with Gasteiger partial charge in [0, 0.05) is 17.6 Å². The average Bonchev–Trinajstić information content (AvgIpc) is 2.67. The first-order chi connectivity index (χ1) is 8.25. The van der Waals surface area contributed by atoms with Crippen LogP contribution in [0.15, 0.2) is 12.3 Å². The zero-order valence-electron chi connectivity index (χ0n) is 9.99. The Balaban J connectivity index is 2.11. The van der Waals surface area contributed by atoms with E-state index in [4.69, 9.17) is 11.6 Å². The zero-order valence-corrected chi connectivity index (χ0v) is 10.7. The van der Waals surface area contributed by atoms with Crippen LogP contribution in [0.2, 0.25) is 5.15 Å². The van der Waals surface area contributed by atoms with Crippen molar-refractivity contribution in [1.82, 2.24) is 14.8 Å². The summed E-state index contributed by atoms with van der Waals surface area (Å²) in [4.78, 5) is 4.14. The second-order valence-corrected chi connectivity index (χ2v) is 5.23. The first-order valence-corrected chi connectivity index (χ1v) is 6.64. The Labute approximate surface area is 106 Å². The van der Waals surface area contributed by atoms with E-state index < -0.39 is 0 Å². The largest absolute Gasteiger partial charge is 0.261 e. The molecule has 0 aliphatic heterocycles. The van der Waals surface area contributed by atoms with Gasteiger partial charge in [0.2, 0.25) is 0 Å². The number of aromatic nitrogens is 3. The van der Waals surface area contributed by atoms with Gasteiger partial charge >= 0.3 is 0 Å². The Hall–Kier alpha value is -1.09. The fraction of sp³-hybridized carbons (Fsp3) is 0.538. The van der Waals surface area contributed by atoms with Crippen molar-refractivity contribution in [3.05, 3.63) is 23.1 Å². The van der Waals surface area contributed by atoms with Gasteiger partial charge in [0.25, 0.3) is 0 Å². The van der Waals surface area contributed by atoms with Gasteiger partial charge in [0.15, 0.2) is 0 Å². The summed E-state index contributed by atoms with van der Waals surface area (Å²) >= 11 is 5.99. The second kappa shape index (κ2) is 4.30. The maximum Gasteiger partial charge on any atom is 0.131 e. The molecule has 0 saturated heterocycles. The van der Waals surface area contributed by atoms with Gasteiger partial charge in [-0.15, -0.1) is 0 Å². The maximum atomic E-state index is 5.99. The molecule has 0 bridgehead atoms. The molecule has 0 aromatic carbocycles. The summed E-state index contributed by atoms with van der Waals surface area (Å²) in [5.41, 5.74) is 2.18. The Morgan fingerprint density at radius 3 is 2.82 bits per heavy atom. The van der Waals surface area contributed by atoms with E-state index in [2.05, 4.69) is 14.8 Å². The highest BCUT2D eigenvalue weighted by molar-refractivity contribution is 6.30. The van der Waals surface area contributed by atoms with Crippen LogP contribution < -0.4 is 0 Å². The van der Waals surface area contributed by atoms with Crippen LogP contribution in [0.1, 0.15) is 43.8 Å². The van der Waals surface area contributed by atoms with Gasteiger partial charge < -0.3 is 0 Å². The third kappa shape index (κ3) is 1.93. The van der Waals surface area contributed by atoms with Crippen molar-refractivity contribution in [2.75, 3.05) is 0 Å². The molecule has 1 aliphatic rings. The SMILES string of the molecule is Cc1nn(C2CCCCC2)c2cc(Cl)ncc12. The molecule has 1 aliphatic carbocycles. The first-order valence-electron chi connectivity index (χ1n) is 6.26. The molecule has 3 nitrogen and oxygen atoms in total. The quantitative estimate of drug-likeness (QED) is 0.718. The predicted octanol–water partition coefficient (Wildman–Crippen LogP) is 3.90. The lowest BCUT2D eigenvalue weighted by molar-refractivity contribution is 0.336. The summed E-state index contributed by atoms with van der Waals surface area (Å²) < 4.78 is 2.16. The molecular formula is C13H16ClN3. The standard InChI is InChI=1S/C13H16ClN3/c1-9-11-8-15-13(14)7-12(11)17(16-9)10-5-3-2-4-6-10/h7-8,10H,2-6H2,1H3. The minimum Gasteiger partial charge on any atom is -0.261 e. The van der Waals surface area contributed by atoms with Gasteiger partial charge in [-0.2, -0.15) is 5.10 Å². The summed E-state index contributed by atoms with van der Waals surface area (Å²) in [6.45, 7) is 2.04. The molecular weight excluding hydrogens is 234 g/mol. The van der Waals surface area contributed by atoms with Crippen molar-refractivity contribution in [3.8, 4) is 0 Å². The molecule has 1 saturated carbocycles. The van der Waals surface area contributed by atoms with Gasteiger partial charge in [0.05, 0.1) is 17.3 Å². The summed E-state index contributed by atoms with van der Waals surface area (Å²) in [6, 6.07) is 2.48. The van der Waals surface area contributed by atoms with E-state index in [0.717, 1.165) is 16.6 Å². The number of pyridine rings is 1. The third-order valence-corrected chi connectivity index (χ3v) is 3.87. The molecule has 0 amide bonds. The summed E-state index contributed by atoms with van der Waals surface area (Å²) in [5, 5.41) is 6.35. The molecule has 17 heavy (non-hydrogen) atoms. The van der Waals surface area contributed by atoms with Crippen LogP contribution in [0.4, 0.5) is 0 Å². The monoisotopic (exact) mass is 249 g/mol. The second-order valence-electron chi connectivity index (χ2n) is 4.85. The van der Waals surface area contributed by atoms with E-state index in [1.807, 2.05) is 19.2 Å². The van der Waals surface area contributed by atoms with Gasteiger partial charge in [-0.1, -0.05) is 30.9 Å². The molecule has 2 heterocycles. The van der Waals surface area contributed by atoms with E-state index in [0.29, 0.717) is 11.2 Å². The fourth-order valence-corrected chi connectivity index (χ4v) is 2.91. The number of nitrogens with zero attached hydrogens (tertiary/aromatic N) is 3. The first kappa shape index (κ1) is 11.0. The van der Waals surface area contributed by atoms with Crippen LogP contribution >= 0.6 is 11.6 Å². The Morgan fingerprint density at radius 2 is 2.06 bits per heavy atom. The van der Waals surface area contributed by atoms with Crippen LogP contribution in [0.3, 0.4) is 0 Å². The highest BCUT2D eigenvalue weighted by atomic mass is 35.5. The lowest BCUT2D eigenvalue weighted by Gasteiger charge is -2.22. The lowest BCUT2D eigenvalue weighted by atomic mass is 9.95. The van der Waals surface area contributed by atoms with Crippen molar-refractivity contribution in [2.24, 2.45) is 0 Å². The van der Waals surface area contributed by atoms with Crippen LogP contribution in [0, 0.1) is 6.92 Å². The van der Waals surface area contributed by atoms with Crippen LogP contribution in [0.25, 0.3) is 10.9 Å². The third-order valence-electron chi connectivity index (χ3n) is 3.66. The molecule has 0 radical (unpaired) electrons. The number of rotatable bonds is 1. The number of hydrogen-bond acceptors (Lipinski definition) is 2. The van der Waals surface area contributed by atoms with Gasteiger partial charge in [-0.25, -0.2) is 4.98 Å². The number of aryl methyl sites for hydroxylation is 1.